The molecule has 2 amide bonds. The Labute approximate surface area is 179 Å². The zero-order chi connectivity index (χ0) is 21.2. The molecule has 0 heterocycles. The van der Waals surface area contributed by atoms with E-state index in [9.17, 15) is 4.79 Å². The Bertz CT molecular complexity index is 746. The SMILES string of the molecule is CC(C)CCOc1ccc(NC(=O)N(S)c2ccc(OCCC(C)C)cc2)cc1. The Morgan fingerprint density at radius 1 is 0.862 bits per heavy atom. The number of nitrogens with zero attached hydrogens (tertiary/aromatic N) is 1. The van der Waals surface area contributed by atoms with Gasteiger partial charge in [0.25, 0.3) is 0 Å². The van der Waals surface area contributed by atoms with E-state index in [1.807, 2.05) is 48.5 Å². The molecule has 6 heteroatoms. The molecule has 1 N–H and O–H groups in total. The lowest BCUT2D eigenvalue weighted by molar-refractivity contribution is 0.260. The van der Waals surface area contributed by atoms with Gasteiger partial charge in [0.2, 0.25) is 0 Å². The van der Waals surface area contributed by atoms with Crippen LogP contribution in [0.2, 0.25) is 0 Å². The average molecular weight is 417 g/mol. The molecule has 5 nitrogen and oxygen atoms in total. The molecule has 0 aliphatic heterocycles. The van der Waals surface area contributed by atoms with Crippen LogP contribution >= 0.6 is 12.8 Å². The van der Waals surface area contributed by atoms with Crippen molar-refractivity contribution in [1.29, 1.82) is 0 Å². The molecule has 0 saturated heterocycles. The van der Waals surface area contributed by atoms with Gasteiger partial charge < -0.3 is 14.8 Å². The van der Waals surface area contributed by atoms with Crippen molar-refractivity contribution in [2.45, 2.75) is 40.5 Å². The Morgan fingerprint density at radius 3 is 1.76 bits per heavy atom. The Kier molecular flexibility index (Phi) is 9.19. The van der Waals surface area contributed by atoms with E-state index in [0.717, 1.165) is 24.3 Å². The molecule has 0 bridgehead atoms. The first-order valence-corrected chi connectivity index (χ1v) is 10.5. The molecule has 0 aliphatic rings. The molecule has 0 aliphatic carbocycles. The Morgan fingerprint density at radius 2 is 1.31 bits per heavy atom. The van der Waals surface area contributed by atoms with Crippen molar-refractivity contribution in [1.82, 2.24) is 0 Å². The number of thiol groups is 1. The molecule has 2 aromatic rings. The second-order valence-corrected chi connectivity index (χ2v) is 8.22. The monoisotopic (exact) mass is 416 g/mol. The summed E-state index contributed by atoms with van der Waals surface area (Å²) in [5, 5.41) is 2.83. The minimum atomic E-state index is -0.338. The first kappa shape index (κ1) is 22.9. The Balaban J connectivity index is 1.85. The van der Waals surface area contributed by atoms with Crippen molar-refractivity contribution in [3.05, 3.63) is 48.5 Å². The number of amides is 2. The summed E-state index contributed by atoms with van der Waals surface area (Å²) in [5.74, 6) is 2.78. The van der Waals surface area contributed by atoms with E-state index in [1.165, 1.54) is 4.31 Å². The summed E-state index contributed by atoms with van der Waals surface area (Å²) in [7, 11) is 0. The lowest BCUT2D eigenvalue weighted by atomic mass is 10.1. The van der Waals surface area contributed by atoms with E-state index in [-0.39, 0.29) is 6.03 Å². The van der Waals surface area contributed by atoms with E-state index in [2.05, 4.69) is 45.8 Å². The summed E-state index contributed by atoms with van der Waals surface area (Å²) < 4.78 is 12.7. The van der Waals surface area contributed by atoms with Crippen LogP contribution in [-0.4, -0.2) is 19.2 Å². The molecule has 0 saturated carbocycles. The highest BCUT2D eigenvalue weighted by Crippen LogP contribution is 2.23. The highest BCUT2D eigenvalue weighted by atomic mass is 32.1. The number of urea groups is 1. The van der Waals surface area contributed by atoms with E-state index < -0.39 is 0 Å². The minimum Gasteiger partial charge on any atom is -0.494 e. The van der Waals surface area contributed by atoms with Crippen LogP contribution < -0.4 is 19.1 Å². The van der Waals surface area contributed by atoms with Gasteiger partial charge in [-0.05, 0) is 73.2 Å². The number of nitrogens with one attached hydrogen (secondary N) is 1. The first-order valence-electron chi connectivity index (χ1n) is 10.1. The van der Waals surface area contributed by atoms with Crippen molar-refractivity contribution in [2.75, 3.05) is 22.8 Å². The number of anilines is 2. The van der Waals surface area contributed by atoms with E-state index in [0.29, 0.717) is 36.4 Å². The summed E-state index contributed by atoms with van der Waals surface area (Å²) >= 11 is 4.32. The van der Waals surface area contributed by atoms with Crippen LogP contribution in [0.3, 0.4) is 0 Å². The topological polar surface area (TPSA) is 50.8 Å². The van der Waals surface area contributed by atoms with Gasteiger partial charge in [0, 0.05) is 5.69 Å². The molecule has 0 aromatic heterocycles. The molecule has 0 fully saturated rings. The summed E-state index contributed by atoms with van der Waals surface area (Å²) in [5.41, 5.74) is 1.34. The number of ether oxygens (including phenoxy) is 2. The predicted octanol–water partition coefficient (Wildman–Crippen LogP) is 6.42. The highest BCUT2D eigenvalue weighted by molar-refractivity contribution is 7.82. The Hall–Kier alpha value is -2.34. The maximum absolute atomic E-state index is 12.5. The fourth-order valence-corrected chi connectivity index (χ4v) is 2.62. The van der Waals surface area contributed by atoms with Crippen LogP contribution in [0.5, 0.6) is 11.5 Å². The number of benzene rings is 2. The van der Waals surface area contributed by atoms with Gasteiger partial charge in [0.05, 0.1) is 18.9 Å². The van der Waals surface area contributed by atoms with Gasteiger partial charge in [0.15, 0.2) is 0 Å². The van der Waals surface area contributed by atoms with Gasteiger partial charge in [-0.1, -0.05) is 40.5 Å². The summed E-state index contributed by atoms with van der Waals surface area (Å²) in [6, 6.07) is 14.3. The third kappa shape index (κ3) is 8.28. The van der Waals surface area contributed by atoms with Gasteiger partial charge in [-0.2, -0.15) is 0 Å². The molecule has 2 aromatic carbocycles. The van der Waals surface area contributed by atoms with Gasteiger partial charge in [-0.25, -0.2) is 9.10 Å². The van der Waals surface area contributed by atoms with Gasteiger partial charge >= 0.3 is 6.03 Å². The lowest BCUT2D eigenvalue weighted by Crippen LogP contribution is -2.26. The number of hydrogen-bond acceptors (Lipinski definition) is 4. The lowest BCUT2D eigenvalue weighted by Gasteiger charge is -2.17. The molecule has 0 radical (unpaired) electrons. The quantitative estimate of drug-likeness (QED) is 0.439. The standard InChI is InChI=1S/C23H32N2O3S/c1-17(2)13-15-27-21-9-5-19(6-10-21)24-23(26)25(29)20-7-11-22(12-8-20)28-16-14-18(3)4/h5-12,17-18,29H,13-16H2,1-4H3,(H,24,26). The fourth-order valence-electron chi connectivity index (χ4n) is 2.44. The molecule has 29 heavy (non-hydrogen) atoms. The van der Waals surface area contributed by atoms with E-state index in [4.69, 9.17) is 9.47 Å². The predicted molar refractivity (Wildman–Crippen MR) is 123 cm³/mol. The van der Waals surface area contributed by atoms with E-state index >= 15 is 0 Å². The van der Waals surface area contributed by atoms with Crippen LogP contribution in [-0.2, 0) is 0 Å². The molecule has 158 valence electrons. The molecule has 2 rings (SSSR count). The number of rotatable bonds is 10. The molecule has 0 unspecified atom stereocenters. The van der Waals surface area contributed by atoms with Crippen LogP contribution in [0.4, 0.5) is 16.2 Å². The summed E-state index contributed by atoms with van der Waals surface area (Å²) in [6.45, 7) is 10.0. The average Bonchev–Trinajstić information content (AvgIpc) is 2.69. The normalized spacial score (nSPS) is 10.9. The summed E-state index contributed by atoms with van der Waals surface area (Å²) in [4.78, 5) is 12.5. The van der Waals surface area contributed by atoms with Crippen LogP contribution in [0.25, 0.3) is 0 Å². The minimum absolute atomic E-state index is 0.338. The maximum Gasteiger partial charge on any atom is 0.336 e. The molecular weight excluding hydrogens is 384 g/mol. The van der Waals surface area contributed by atoms with Crippen molar-refractivity contribution >= 4 is 30.2 Å². The van der Waals surface area contributed by atoms with Gasteiger partial charge in [0.1, 0.15) is 11.5 Å². The van der Waals surface area contributed by atoms with Crippen molar-refractivity contribution in [2.24, 2.45) is 11.8 Å². The molecule has 0 atom stereocenters. The first-order chi connectivity index (χ1) is 13.8. The van der Waals surface area contributed by atoms with E-state index in [1.54, 1.807) is 0 Å². The zero-order valence-electron chi connectivity index (χ0n) is 17.7. The second kappa shape index (κ2) is 11.6. The summed E-state index contributed by atoms with van der Waals surface area (Å²) in [6.07, 6.45) is 2.01. The van der Waals surface area contributed by atoms with Crippen molar-refractivity contribution in [3.63, 3.8) is 0 Å². The third-order valence-corrected chi connectivity index (χ3v) is 4.72. The fraction of sp³-hybridized carbons (Fsp3) is 0.435. The van der Waals surface area contributed by atoms with Crippen LogP contribution in [0.15, 0.2) is 48.5 Å². The largest absolute Gasteiger partial charge is 0.494 e. The molecule has 0 spiro atoms. The second-order valence-electron chi connectivity index (χ2n) is 7.82. The van der Waals surface area contributed by atoms with Crippen LogP contribution in [0, 0.1) is 11.8 Å². The van der Waals surface area contributed by atoms with Crippen LogP contribution in [0.1, 0.15) is 40.5 Å². The third-order valence-electron chi connectivity index (χ3n) is 4.31. The maximum atomic E-state index is 12.5. The zero-order valence-corrected chi connectivity index (χ0v) is 18.6. The molecular formula is C23H32N2O3S. The van der Waals surface area contributed by atoms with Crippen molar-refractivity contribution in [3.8, 4) is 11.5 Å². The van der Waals surface area contributed by atoms with Crippen molar-refractivity contribution < 1.29 is 14.3 Å². The smallest absolute Gasteiger partial charge is 0.336 e. The number of carbonyl (C=O) groups excluding carboxylic acids is 1. The number of carbonyl (C=O) groups is 1. The highest BCUT2D eigenvalue weighted by Gasteiger charge is 2.12. The van der Waals surface area contributed by atoms with Gasteiger partial charge in [-0.15, -0.1) is 0 Å². The van der Waals surface area contributed by atoms with Gasteiger partial charge in [-0.3, -0.25) is 0 Å². The number of hydrogen-bond donors (Lipinski definition) is 2.